The van der Waals surface area contributed by atoms with Crippen molar-refractivity contribution in [1.82, 2.24) is 20.4 Å². The van der Waals surface area contributed by atoms with Crippen molar-refractivity contribution in [2.45, 2.75) is 26.9 Å². The van der Waals surface area contributed by atoms with Crippen molar-refractivity contribution in [3.8, 4) is 11.5 Å². The van der Waals surface area contributed by atoms with E-state index < -0.39 is 0 Å². The summed E-state index contributed by atoms with van der Waals surface area (Å²) in [5.74, 6) is 2.09. The number of benzene rings is 1. The molecule has 150 valence electrons. The second kappa shape index (κ2) is 10.7. The van der Waals surface area contributed by atoms with E-state index in [1.807, 2.05) is 30.8 Å². The second-order valence-electron chi connectivity index (χ2n) is 5.87. The smallest absolute Gasteiger partial charge is 0.191 e. The maximum absolute atomic E-state index is 5.39. The van der Waals surface area contributed by atoms with Gasteiger partial charge in [-0.15, -0.1) is 24.0 Å². The van der Waals surface area contributed by atoms with Crippen molar-refractivity contribution in [3.63, 3.8) is 0 Å². The van der Waals surface area contributed by atoms with Crippen LogP contribution in [0.15, 0.2) is 21.6 Å². The van der Waals surface area contributed by atoms with Crippen LogP contribution in [0.4, 0.5) is 0 Å². The average Bonchev–Trinajstić information content (AvgIpc) is 2.86. The molecule has 0 spiro atoms. The zero-order valence-corrected chi connectivity index (χ0v) is 20.4. The molecule has 7 nitrogen and oxygen atoms in total. The first-order valence-corrected chi connectivity index (χ1v) is 9.04. The number of aromatic nitrogens is 2. The number of guanidine groups is 1. The van der Waals surface area contributed by atoms with Gasteiger partial charge >= 0.3 is 0 Å². The van der Waals surface area contributed by atoms with E-state index in [0.717, 1.165) is 27.4 Å². The van der Waals surface area contributed by atoms with E-state index in [-0.39, 0.29) is 24.0 Å². The molecule has 0 unspecified atom stereocenters. The van der Waals surface area contributed by atoms with Crippen LogP contribution in [0.25, 0.3) is 0 Å². The Morgan fingerprint density at radius 2 is 1.85 bits per heavy atom. The summed E-state index contributed by atoms with van der Waals surface area (Å²) in [6, 6.07) is 3.94. The maximum Gasteiger partial charge on any atom is 0.191 e. The number of ether oxygens (including phenoxy) is 2. The van der Waals surface area contributed by atoms with Crippen LogP contribution in [-0.2, 0) is 20.1 Å². The standard InChI is InChI=1S/C18H26BrN5O2.HI/c1-11-14(12(2)24(4)23-11)10-22-18(20-3)21-9-13-7-15(19)17(26-6)16(8-13)25-5;/h7-8H,9-10H2,1-6H3,(H2,20,21,22);1H. The minimum atomic E-state index is 0. The van der Waals surface area contributed by atoms with Crippen molar-refractivity contribution in [3.05, 3.63) is 39.1 Å². The Morgan fingerprint density at radius 3 is 2.37 bits per heavy atom. The summed E-state index contributed by atoms with van der Waals surface area (Å²) in [7, 11) is 6.95. The van der Waals surface area contributed by atoms with Crippen LogP contribution in [-0.4, -0.2) is 37.0 Å². The van der Waals surface area contributed by atoms with E-state index in [4.69, 9.17) is 9.47 Å². The lowest BCUT2D eigenvalue weighted by Gasteiger charge is -2.15. The van der Waals surface area contributed by atoms with Gasteiger partial charge in [-0.3, -0.25) is 9.67 Å². The summed E-state index contributed by atoms with van der Waals surface area (Å²) < 4.78 is 13.5. The largest absolute Gasteiger partial charge is 0.493 e. The quantitative estimate of drug-likeness (QED) is 0.327. The van der Waals surface area contributed by atoms with Gasteiger partial charge in [0.25, 0.3) is 0 Å². The van der Waals surface area contributed by atoms with Gasteiger partial charge in [0.1, 0.15) is 0 Å². The van der Waals surface area contributed by atoms with E-state index in [0.29, 0.717) is 24.6 Å². The lowest BCUT2D eigenvalue weighted by Crippen LogP contribution is -2.36. The molecular weight excluding hydrogens is 525 g/mol. The maximum atomic E-state index is 5.39. The molecule has 0 aliphatic rings. The number of nitrogens with zero attached hydrogens (tertiary/aromatic N) is 3. The molecule has 27 heavy (non-hydrogen) atoms. The molecule has 0 aliphatic heterocycles. The third-order valence-corrected chi connectivity index (χ3v) is 4.86. The van der Waals surface area contributed by atoms with Crippen LogP contribution in [0.2, 0.25) is 0 Å². The van der Waals surface area contributed by atoms with E-state index in [2.05, 4.69) is 43.6 Å². The Kier molecular flexibility index (Phi) is 9.37. The van der Waals surface area contributed by atoms with E-state index in [9.17, 15) is 0 Å². The molecule has 0 radical (unpaired) electrons. The number of aryl methyl sites for hydroxylation is 2. The molecule has 0 aliphatic carbocycles. The number of methoxy groups -OCH3 is 2. The van der Waals surface area contributed by atoms with Gasteiger partial charge in [0.2, 0.25) is 0 Å². The number of hydrogen-bond acceptors (Lipinski definition) is 4. The van der Waals surface area contributed by atoms with Crippen LogP contribution in [0.5, 0.6) is 11.5 Å². The fourth-order valence-electron chi connectivity index (χ4n) is 2.73. The molecule has 2 aromatic rings. The highest BCUT2D eigenvalue weighted by molar-refractivity contribution is 14.0. The van der Waals surface area contributed by atoms with Crippen LogP contribution in [0.1, 0.15) is 22.5 Å². The first kappa shape index (κ1) is 23.5. The lowest BCUT2D eigenvalue weighted by atomic mass is 10.2. The second-order valence-corrected chi connectivity index (χ2v) is 6.72. The Bertz CT molecular complexity index is 808. The third kappa shape index (κ3) is 5.74. The first-order valence-electron chi connectivity index (χ1n) is 8.25. The van der Waals surface area contributed by atoms with E-state index in [1.165, 1.54) is 5.56 Å². The zero-order chi connectivity index (χ0) is 19.3. The van der Waals surface area contributed by atoms with Crippen molar-refractivity contribution in [2.75, 3.05) is 21.3 Å². The van der Waals surface area contributed by atoms with Gasteiger partial charge < -0.3 is 20.1 Å². The van der Waals surface area contributed by atoms with Gasteiger partial charge in [0.05, 0.1) is 24.4 Å². The highest BCUT2D eigenvalue weighted by Gasteiger charge is 2.12. The molecule has 0 saturated heterocycles. The van der Waals surface area contributed by atoms with Gasteiger partial charge in [0, 0.05) is 38.4 Å². The minimum absolute atomic E-state index is 0. The number of hydrogen-bond donors (Lipinski definition) is 2. The molecule has 0 fully saturated rings. The SMILES string of the molecule is CN=C(NCc1cc(Br)c(OC)c(OC)c1)NCc1c(C)nn(C)c1C.I. The molecular formula is C18H27BrIN5O2. The number of rotatable bonds is 6. The Hall–Kier alpha value is -1.49. The fourth-order valence-corrected chi connectivity index (χ4v) is 3.38. The Morgan fingerprint density at radius 1 is 1.19 bits per heavy atom. The number of aliphatic imine (C=N–C) groups is 1. The van der Waals surface area contributed by atoms with Crippen LogP contribution < -0.4 is 20.1 Å². The predicted molar refractivity (Wildman–Crippen MR) is 122 cm³/mol. The van der Waals surface area contributed by atoms with Gasteiger partial charge in [-0.05, 0) is 47.5 Å². The Labute approximate surface area is 186 Å². The molecule has 0 amide bonds. The molecule has 9 heteroatoms. The number of nitrogens with one attached hydrogen (secondary N) is 2. The van der Waals surface area contributed by atoms with Gasteiger partial charge in [-0.1, -0.05) is 0 Å². The Balaban J connectivity index is 0.00000364. The predicted octanol–water partition coefficient (Wildman–Crippen LogP) is 3.30. The van der Waals surface area contributed by atoms with Crippen molar-refractivity contribution in [1.29, 1.82) is 0 Å². The normalized spacial score (nSPS) is 11.0. The summed E-state index contributed by atoms with van der Waals surface area (Å²) in [6.45, 7) is 5.35. The van der Waals surface area contributed by atoms with Gasteiger partial charge in [-0.2, -0.15) is 5.10 Å². The molecule has 0 bridgehead atoms. The highest BCUT2D eigenvalue weighted by Crippen LogP contribution is 2.36. The van der Waals surface area contributed by atoms with E-state index >= 15 is 0 Å². The van der Waals surface area contributed by atoms with Gasteiger partial charge in [0.15, 0.2) is 17.5 Å². The van der Waals surface area contributed by atoms with Crippen LogP contribution >= 0.6 is 39.9 Å². The zero-order valence-electron chi connectivity index (χ0n) is 16.5. The molecule has 2 rings (SSSR count). The summed E-state index contributed by atoms with van der Waals surface area (Å²) in [4.78, 5) is 4.28. The average molecular weight is 552 g/mol. The molecule has 2 N–H and O–H groups in total. The molecule has 1 heterocycles. The monoisotopic (exact) mass is 551 g/mol. The van der Waals surface area contributed by atoms with Crippen LogP contribution in [0.3, 0.4) is 0 Å². The third-order valence-electron chi connectivity index (χ3n) is 4.27. The fraction of sp³-hybridized carbons (Fsp3) is 0.444. The van der Waals surface area contributed by atoms with Crippen molar-refractivity contribution < 1.29 is 9.47 Å². The number of halogens is 2. The summed E-state index contributed by atoms with van der Waals surface area (Å²) in [6.07, 6.45) is 0. The van der Waals surface area contributed by atoms with Gasteiger partial charge in [-0.25, -0.2) is 0 Å². The topological polar surface area (TPSA) is 72.7 Å². The van der Waals surface area contributed by atoms with Crippen molar-refractivity contribution >= 4 is 45.9 Å². The highest BCUT2D eigenvalue weighted by atomic mass is 127. The van der Waals surface area contributed by atoms with E-state index in [1.54, 1.807) is 21.3 Å². The molecule has 0 atom stereocenters. The summed E-state index contributed by atoms with van der Waals surface area (Å²) >= 11 is 3.51. The lowest BCUT2D eigenvalue weighted by molar-refractivity contribution is 0.352. The molecule has 0 saturated carbocycles. The van der Waals surface area contributed by atoms with Crippen LogP contribution in [0, 0.1) is 13.8 Å². The summed E-state index contributed by atoms with van der Waals surface area (Å²) in [5.41, 5.74) is 4.40. The van der Waals surface area contributed by atoms with Crippen molar-refractivity contribution in [2.24, 2.45) is 12.0 Å². The summed E-state index contributed by atoms with van der Waals surface area (Å²) in [5, 5.41) is 11.1. The molecule has 1 aromatic heterocycles. The molecule has 1 aromatic carbocycles. The first-order chi connectivity index (χ1) is 12.4. The minimum Gasteiger partial charge on any atom is -0.493 e.